The van der Waals surface area contributed by atoms with Crippen LogP contribution in [0.15, 0.2) is 22.3 Å². The van der Waals surface area contributed by atoms with Gasteiger partial charge in [0.05, 0.1) is 0 Å². The Labute approximate surface area is 97.1 Å². The second-order valence-electron chi connectivity index (χ2n) is 3.18. The molecule has 0 aromatic rings. The van der Waals surface area contributed by atoms with E-state index < -0.39 is 0 Å². The van der Waals surface area contributed by atoms with E-state index in [1.165, 1.54) is 28.2 Å². The third-order valence-electron chi connectivity index (χ3n) is 2.81. The number of hydrogen-bond donors (Lipinski definition) is 0. The molecule has 0 spiro atoms. The summed E-state index contributed by atoms with van der Waals surface area (Å²) in [5.74, 6) is 1.47. The van der Waals surface area contributed by atoms with Crippen molar-refractivity contribution < 1.29 is 15.1 Å². The van der Waals surface area contributed by atoms with Crippen LogP contribution in [0.1, 0.15) is 34.6 Å². The minimum atomic E-state index is -0.346. The van der Waals surface area contributed by atoms with E-state index in [-0.39, 0.29) is 15.1 Å². The molecule has 1 radical (unpaired) electrons. The molecule has 0 fully saturated rings. The molecule has 0 saturated carbocycles. The summed E-state index contributed by atoms with van der Waals surface area (Å²) in [5, 5.41) is 0. The van der Waals surface area contributed by atoms with Crippen LogP contribution in [0.2, 0.25) is 0 Å². The quantitative estimate of drug-likeness (QED) is 0.572. The van der Waals surface area contributed by atoms with Crippen molar-refractivity contribution in [2.45, 2.75) is 34.6 Å². The van der Waals surface area contributed by atoms with E-state index in [1.54, 1.807) is 0 Å². The van der Waals surface area contributed by atoms with E-state index in [0.717, 1.165) is 0 Å². The van der Waals surface area contributed by atoms with Crippen LogP contribution in [0.25, 0.3) is 0 Å². The zero-order valence-corrected chi connectivity index (χ0v) is 11.9. The second-order valence-corrected chi connectivity index (χ2v) is 5.81. The summed E-state index contributed by atoms with van der Waals surface area (Å²) >= 11 is -0.346. The van der Waals surface area contributed by atoms with Crippen molar-refractivity contribution in [1.29, 1.82) is 0 Å². The monoisotopic (exact) mass is 307 g/mol. The zero-order valence-electron chi connectivity index (χ0n) is 8.61. The van der Waals surface area contributed by atoms with E-state index in [0.29, 0.717) is 0 Å². The van der Waals surface area contributed by atoms with Crippen LogP contribution in [-0.2, 0) is 15.1 Å². The Morgan fingerprint density at radius 2 is 0.923 bits per heavy atom. The van der Waals surface area contributed by atoms with Gasteiger partial charge in [0.2, 0.25) is 0 Å². The Hall–Kier alpha value is 0.683. The van der Waals surface area contributed by atoms with Gasteiger partial charge in [-0.15, -0.1) is 0 Å². The summed E-state index contributed by atoms with van der Waals surface area (Å²) in [6.07, 6.45) is 0. The van der Waals surface area contributed by atoms with Crippen molar-refractivity contribution >= 4 is 19.4 Å². The molecule has 1 rings (SSSR count). The minimum absolute atomic E-state index is 0.346. The normalized spacial score (nSPS) is 18.1. The van der Waals surface area contributed by atoms with Gasteiger partial charge in [0.25, 0.3) is 0 Å². The number of halogens is 2. The van der Waals surface area contributed by atoms with Crippen molar-refractivity contribution in [2.24, 2.45) is 0 Å². The maximum absolute atomic E-state index is 4.85. The maximum atomic E-state index is 4.85. The van der Waals surface area contributed by atoms with Gasteiger partial charge < -0.3 is 0 Å². The molecule has 0 unspecified atom stereocenters. The Bertz CT molecular complexity index is 217. The van der Waals surface area contributed by atoms with Gasteiger partial charge in [0.15, 0.2) is 0 Å². The van der Waals surface area contributed by atoms with Crippen LogP contribution >= 0.6 is 19.4 Å². The summed E-state index contributed by atoms with van der Waals surface area (Å²) in [6.45, 7) is 11.0. The number of allylic oxidation sites excluding steroid dienone is 4. The fourth-order valence-corrected chi connectivity index (χ4v) is 1.41. The Morgan fingerprint density at radius 1 is 0.692 bits per heavy atom. The van der Waals surface area contributed by atoms with E-state index in [4.69, 9.17) is 19.4 Å². The summed E-state index contributed by atoms with van der Waals surface area (Å²) in [7, 11) is 9.71. The van der Waals surface area contributed by atoms with E-state index >= 15 is 0 Å². The van der Waals surface area contributed by atoms with Gasteiger partial charge in [0, 0.05) is 5.92 Å². The van der Waals surface area contributed by atoms with Crippen LogP contribution < -0.4 is 0 Å². The predicted octanol–water partition coefficient (Wildman–Crippen LogP) is 4.64. The molecule has 3 heteroatoms. The number of rotatable bonds is 0. The standard InChI is InChI=1S/C10H15.2ClH.Ru/c1-6-7(2)9(4)10(5)8(6)3;;;/h1-5H3;2*1H;/q;;;+2/p-2. The molecule has 13 heavy (non-hydrogen) atoms. The van der Waals surface area contributed by atoms with Gasteiger partial charge in [-0.25, -0.2) is 0 Å². The Balaban J connectivity index is 0.000000424. The first-order valence-corrected chi connectivity index (χ1v) is 8.49. The van der Waals surface area contributed by atoms with Crippen molar-refractivity contribution in [3.63, 3.8) is 0 Å². The molecule has 0 N–H and O–H groups in total. The molecule has 0 aromatic carbocycles. The average Bonchev–Trinajstić information content (AvgIpc) is 2.25. The molecule has 0 aliphatic heterocycles. The molecule has 0 bridgehead atoms. The van der Waals surface area contributed by atoms with Gasteiger partial charge in [0.1, 0.15) is 0 Å². The molecule has 0 nitrogen and oxygen atoms in total. The topological polar surface area (TPSA) is 0 Å². The van der Waals surface area contributed by atoms with Crippen LogP contribution in [0, 0.1) is 5.92 Å². The Kier molecular flexibility index (Phi) is 6.55. The second kappa shape index (κ2) is 6.22. The molecule has 0 heterocycles. The fourth-order valence-electron chi connectivity index (χ4n) is 1.41. The molecule has 0 saturated heterocycles. The van der Waals surface area contributed by atoms with Gasteiger partial charge >= 0.3 is 34.5 Å². The van der Waals surface area contributed by atoms with Crippen LogP contribution in [0.5, 0.6) is 0 Å². The molecule has 0 aromatic heterocycles. The van der Waals surface area contributed by atoms with Crippen molar-refractivity contribution in [1.82, 2.24) is 0 Å². The molecule has 0 amide bonds. The van der Waals surface area contributed by atoms with Gasteiger partial charge in [-0.05, 0) is 38.8 Å². The van der Waals surface area contributed by atoms with E-state index in [1.807, 2.05) is 0 Å². The molecule has 1 aliphatic rings. The summed E-state index contributed by atoms with van der Waals surface area (Å²) < 4.78 is 0. The van der Waals surface area contributed by atoms with Crippen LogP contribution in [0.4, 0.5) is 0 Å². The summed E-state index contributed by atoms with van der Waals surface area (Å²) in [5.41, 5.74) is 5.87. The molecule has 0 atom stereocenters. The van der Waals surface area contributed by atoms with Crippen molar-refractivity contribution in [3.8, 4) is 0 Å². The molecule has 77 valence electrons. The first-order valence-electron chi connectivity index (χ1n) is 4.02. The SMILES string of the molecule is C[C]1C(C)=C(C)C(C)=C1C.[Cl][Ru][Cl]. The zero-order chi connectivity index (χ0) is 10.6. The summed E-state index contributed by atoms with van der Waals surface area (Å²) in [6, 6.07) is 0. The van der Waals surface area contributed by atoms with Crippen LogP contribution in [-0.4, -0.2) is 0 Å². The van der Waals surface area contributed by atoms with E-state index in [9.17, 15) is 0 Å². The van der Waals surface area contributed by atoms with Gasteiger partial charge in [-0.2, -0.15) is 0 Å². The summed E-state index contributed by atoms with van der Waals surface area (Å²) in [4.78, 5) is 0. The van der Waals surface area contributed by atoms with Gasteiger partial charge in [-0.1, -0.05) is 18.1 Å². The Morgan fingerprint density at radius 3 is 1.00 bits per heavy atom. The van der Waals surface area contributed by atoms with E-state index in [2.05, 4.69) is 34.6 Å². The predicted molar refractivity (Wildman–Crippen MR) is 57.4 cm³/mol. The average molecular weight is 307 g/mol. The third kappa shape index (κ3) is 3.38. The fraction of sp³-hybridized carbons (Fsp3) is 0.500. The van der Waals surface area contributed by atoms with Crippen molar-refractivity contribution in [3.05, 3.63) is 28.2 Å². The first kappa shape index (κ1) is 13.7. The molecular weight excluding hydrogens is 292 g/mol. The molecular formula is C10H15Cl2Ru. The molecule has 1 aliphatic carbocycles. The first-order chi connectivity index (χ1) is 5.97. The van der Waals surface area contributed by atoms with Crippen molar-refractivity contribution in [2.75, 3.05) is 0 Å². The third-order valence-corrected chi connectivity index (χ3v) is 2.81. The van der Waals surface area contributed by atoms with Gasteiger partial charge in [-0.3, -0.25) is 0 Å². The number of hydrogen-bond acceptors (Lipinski definition) is 0. The van der Waals surface area contributed by atoms with Crippen LogP contribution in [0.3, 0.4) is 0 Å².